The highest BCUT2D eigenvalue weighted by atomic mass is 16.3. The largest absolute Gasteiger partial charge is 0.455 e. The number of hydrogen-bond acceptors (Lipinski definition) is 5. The van der Waals surface area contributed by atoms with Gasteiger partial charge in [0.15, 0.2) is 17.5 Å². The van der Waals surface area contributed by atoms with E-state index in [0.29, 0.717) is 22.3 Å². The Morgan fingerprint density at radius 3 is 2.04 bits per heavy atom. The Morgan fingerprint density at radius 1 is 0.481 bits per heavy atom. The first-order chi connectivity index (χ1) is 27.9. The third-order valence-corrected chi connectivity index (χ3v) is 9.93. The molecule has 1 aliphatic rings. The Labute approximate surface area is 306 Å². The predicted molar refractivity (Wildman–Crippen MR) is 212 cm³/mol. The van der Waals surface area contributed by atoms with Gasteiger partial charge in [0, 0.05) is 38.5 Å². The molecule has 0 spiro atoms. The van der Waals surface area contributed by atoms with Crippen LogP contribution in [0.5, 0.6) is 0 Å². The van der Waals surface area contributed by atoms with E-state index < -0.39 is 30.2 Å². The normalized spacial score (nSPS) is 13.5. The van der Waals surface area contributed by atoms with Gasteiger partial charge in [-0.05, 0) is 58.1 Å². The average molecular weight is 670 g/mol. The third kappa shape index (κ3) is 4.33. The molecule has 0 atom stereocenters. The number of rotatable bonds is 4. The summed E-state index contributed by atoms with van der Waals surface area (Å²) < 4.78 is 49.1. The van der Waals surface area contributed by atoms with E-state index in [9.17, 15) is 0 Å². The molecule has 0 radical (unpaired) electrons. The minimum absolute atomic E-state index is 0.0366. The first kappa shape index (κ1) is 24.1. The van der Waals surface area contributed by atoms with Gasteiger partial charge >= 0.3 is 0 Å². The maximum atomic E-state index is 8.82. The van der Waals surface area contributed by atoms with Crippen molar-refractivity contribution in [2.24, 2.45) is 0 Å². The quantitative estimate of drug-likeness (QED) is 0.187. The Balaban J connectivity index is 1.13. The Morgan fingerprint density at radius 2 is 1.13 bits per heavy atom. The number of aromatic nitrogens is 3. The second-order valence-corrected chi connectivity index (χ2v) is 12.8. The second kappa shape index (κ2) is 11.2. The Bertz CT molecular complexity index is 3310. The fourth-order valence-corrected chi connectivity index (χ4v) is 7.66. The number of hydrogen-bond donors (Lipinski definition) is 0. The molecule has 10 aromatic rings. The van der Waals surface area contributed by atoms with Crippen LogP contribution in [0.4, 0.5) is 17.1 Å². The van der Waals surface area contributed by atoms with Crippen LogP contribution in [0.3, 0.4) is 0 Å². The first-order valence-corrected chi connectivity index (χ1v) is 17.0. The molecule has 11 rings (SSSR count). The number of anilines is 3. The highest BCUT2D eigenvalue weighted by Crippen LogP contribution is 2.51. The standard InChI is InChI=1S/C47H28N4O/c1-2-12-30(13-3-1)45-48-46(50-47(49-45)39-22-11-20-37-35-18-5-7-25-42(35)52-44(37)39)38-21-9-16-31-28-32(26-27-33(31)38)51-40-23-6-4-17-34(40)36-19-8-14-29-15-10-24-41(51)43(29)36/h1-28H/i1D,2D,3D,12D,13D. The van der Waals surface area contributed by atoms with E-state index in [0.717, 1.165) is 44.2 Å². The maximum Gasteiger partial charge on any atom is 0.167 e. The SMILES string of the molecule is [2H]c1c([2H])c([2H])c(-c2nc(-c3cccc4cc(N5c6ccccc6-c6cccc7cccc5c67)ccc34)nc(-c3cccc4c3oc3ccccc34)n2)c([2H])c1[2H]. The van der Waals surface area contributed by atoms with Gasteiger partial charge in [-0.1, -0.05) is 133 Å². The average Bonchev–Trinajstić information content (AvgIpc) is 3.64. The van der Waals surface area contributed by atoms with Gasteiger partial charge in [0.1, 0.15) is 11.2 Å². The summed E-state index contributed by atoms with van der Waals surface area (Å²) in [4.78, 5) is 17.0. The molecule has 0 saturated heterocycles. The first-order valence-electron chi connectivity index (χ1n) is 19.5. The Hall–Kier alpha value is -7.11. The zero-order valence-corrected chi connectivity index (χ0v) is 27.5. The maximum absolute atomic E-state index is 8.82. The van der Waals surface area contributed by atoms with E-state index in [1.807, 2.05) is 54.6 Å². The minimum Gasteiger partial charge on any atom is -0.455 e. The van der Waals surface area contributed by atoms with Crippen LogP contribution in [0.25, 0.3) is 88.8 Å². The van der Waals surface area contributed by atoms with Crippen LogP contribution in [0, 0.1) is 0 Å². The van der Waals surface area contributed by atoms with Gasteiger partial charge < -0.3 is 9.32 Å². The lowest BCUT2D eigenvalue weighted by molar-refractivity contribution is 0.669. The van der Waals surface area contributed by atoms with Crippen molar-refractivity contribution >= 4 is 60.5 Å². The molecule has 1 aliphatic heterocycles. The molecule has 0 fully saturated rings. The van der Waals surface area contributed by atoms with Gasteiger partial charge in [0.05, 0.1) is 23.8 Å². The molecule has 0 unspecified atom stereocenters. The van der Waals surface area contributed by atoms with Crippen LogP contribution in [-0.4, -0.2) is 15.0 Å². The van der Waals surface area contributed by atoms with E-state index in [2.05, 4.69) is 89.8 Å². The monoisotopic (exact) mass is 669 g/mol. The minimum atomic E-state index is -0.490. The summed E-state index contributed by atoms with van der Waals surface area (Å²) >= 11 is 0. The molecule has 0 saturated carbocycles. The van der Waals surface area contributed by atoms with Crippen molar-refractivity contribution in [3.63, 3.8) is 0 Å². The molecule has 52 heavy (non-hydrogen) atoms. The fourth-order valence-electron chi connectivity index (χ4n) is 7.66. The summed E-state index contributed by atoms with van der Waals surface area (Å²) in [7, 11) is 0. The number of furan rings is 1. The topological polar surface area (TPSA) is 55.1 Å². The molecule has 0 bridgehead atoms. The van der Waals surface area contributed by atoms with E-state index in [4.69, 9.17) is 26.2 Å². The van der Waals surface area contributed by atoms with Crippen molar-refractivity contribution in [3.05, 3.63) is 170 Å². The van der Waals surface area contributed by atoms with Gasteiger partial charge in [0.2, 0.25) is 0 Å². The van der Waals surface area contributed by atoms with Gasteiger partial charge in [0.25, 0.3) is 0 Å². The summed E-state index contributed by atoms with van der Waals surface area (Å²) in [5, 5.41) is 6.01. The molecule has 3 heterocycles. The number of para-hydroxylation sites is 3. The van der Waals surface area contributed by atoms with Gasteiger partial charge in [-0.15, -0.1) is 0 Å². The predicted octanol–water partition coefficient (Wildman–Crippen LogP) is 12.5. The second-order valence-electron chi connectivity index (χ2n) is 12.8. The molecular weight excluding hydrogens is 637 g/mol. The molecule has 0 amide bonds. The lowest BCUT2D eigenvalue weighted by atomic mass is 9.90. The van der Waals surface area contributed by atoms with Crippen LogP contribution in [0.2, 0.25) is 0 Å². The van der Waals surface area contributed by atoms with Crippen molar-refractivity contribution in [2.75, 3.05) is 4.90 Å². The van der Waals surface area contributed by atoms with Crippen molar-refractivity contribution in [2.45, 2.75) is 0 Å². The van der Waals surface area contributed by atoms with Gasteiger partial charge in [-0.2, -0.15) is 0 Å². The highest BCUT2D eigenvalue weighted by molar-refractivity contribution is 6.14. The summed E-state index contributed by atoms with van der Waals surface area (Å²) in [5.74, 6) is 0.498. The van der Waals surface area contributed by atoms with Gasteiger partial charge in [-0.3, -0.25) is 0 Å². The van der Waals surface area contributed by atoms with Crippen molar-refractivity contribution < 1.29 is 11.3 Å². The summed E-state index contributed by atoms with van der Waals surface area (Å²) in [5.41, 5.74) is 7.99. The zero-order valence-electron chi connectivity index (χ0n) is 32.5. The molecular formula is C47H28N4O. The van der Waals surface area contributed by atoms with Crippen LogP contribution < -0.4 is 4.90 Å². The van der Waals surface area contributed by atoms with Crippen molar-refractivity contribution in [1.29, 1.82) is 0 Å². The zero-order chi connectivity index (χ0) is 38.5. The van der Waals surface area contributed by atoms with Crippen LogP contribution in [0.1, 0.15) is 6.85 Å². The van der Waals surface area contributed by atoms with Crippen LogP contribution in [-0.2, 0) is 0 Å². The summed E-state index contributed by atoms with van der Waals surface area (Å²) in [6.07, 6.45) is 0. The fraction of sp³-hybridized carbons (Fsp3) is 0. The molecule has 5 heteroatoms. The molecule has 5 nitrogen and oxygen atoms in total. The van der Waals surface area contributed by atoms with Gasteiger partial charge in [-0.25, -0.2) is 15.0 Å². The molecule has 0 aliphatic carbocycles. The van der Waals surface area contributed by atoms with E-state index in [1.54, 1.807) is 0 Å². The molecule has 2 aromatic heterocycles. The van der Waals surface area contributed by atoms with E-state index >= 15 is 0 Å². The van der Waals surface area contributed by atoms with Crippen LogP contribution in [0.15, 0.2) is 174 Å². The number of nitrogens with zero attached hydrogens (tertiary/aromatic N) is 4. The van der Waals surface area contributed by atoms with Crippen molar-refractivity contribution in [3.8, 4) is 45.3 Å². The summed E-state index contributed by atoms with van der Waals surface area (Å²) in [6.45, 7) is 0. The molecule has 242 valence electrons. The summed E-state index contributed by atoms with van der Waals surface area (Å²) in [6, 6.07) is 44.9. The lowest BCUT2D eigenvalue weighted by Crippen LogP contribution is -2.14. The highest BCUT2D eigenvalue weighted by Gasteiger charge is 2.26. The molecule has 0 N–H and O–H groups in total. The lowest BCUT2D eigenvalue weighted by Gasteiger charge is -2.33. The Kier molecular flexibility index (Phi) is 5.19. The number of fused-ring (bicyclic) bond motifs is 6. The third-order valence-electron chi connectivity index (χ3n) is 9.93. The van der Waals surface area contributed by atoms with Crippen molar-refractivity contribution in [1.82, 2.24) is 15.0 Å². The number of benzene rings is 8. The molecule has 8 aromatic carbocycles. The van der Waals surface area contributed by atoms with E-state index in [1.165, 1.54) is 16.3 Å². The smallest absolute Gasteiger partial charge is 0.167 e. The van der Waals surface area contributed by atoms with E-state index in [-0.39, 0.29) is 23.0 Å². The van der Waals surface area contributed by atoms with Crippen LogP contribution >= 0.6 is 0 Å².